The van der Waals surface area contributed by atoms with Crippen LogP contribution in [0.25, 0.3) is 22.0 Å². The highest BCUT2D eigenvalue weighted by atomic mass is 16.5. The van der Waals surface area contributed by atoms with Crippen LogP contribution >= 0.6 is 0 Å². The van der Waals surface area contributed by atoms with E-state index in [9.17, 15) is 4.79 Å². The minimum atomic E-state index is 0.0283. The summed E-state index contributed by atoms with van der Waals surface area (Å²) in [5, 5.41) is 0.800. The molecule has 0 atom stereocenters. The monoisotopic (exact) mass is 388 g/mol. The molecule has 0 unspecified atom stereocenters. The fourth-order valence-electron chi connectivity index (χ4n) is 4.67. The van der Waals surface area contributed by atoms with Gasteiger partial charge in [0.15, 0.2) is 0 Å². The van der Waals surface area contributed by atoms with E-state index in [-0.39, 0.29) is 5.91 Å². The second kappa shape index (κ2) is 7.03. The molecule has 0 saturated heterocycles. The minimum absolute atomic E-state index is 0.0283. The largest absolute Gasteiger partial charge is 0.478 e. The Morgan fingerprint density at radius 1 is 1.17 bits per heavy atom. The van der Waals surface area contributed by atoms with Gasteiger partial charge in [-0.05, 0) is 31.9 Å². The molecule has 3 aromatic rings. The van der Waals surface area contributed by atoms with Crippen molar-refractivity contribution < 1.29 is 9.53 Å². The number of hydrogen-bond donors (Lipinski definition) is 1. The molecule has 148 valence electrons. The van der Waals surface area contributed by atoms with Gasteiger partial charge in [-0.3, -0.25) is 4.79 Å². The van der Waals surface area contributed by atoms with Crippen LogP contribution in [0.4, 0.5) is 5.69 Å². The second-order valence-electron chi connectivity index (χ2n) is 7.71. The smallest absolute Gasteiger partial charge is 0.258 e. The first kappa shape index (κ1) is 17.9. The summed E-state index contributed by atoms with van der Waals surface area (Å²) in [5.74, 6) is 0.604. The van der Waals surface area contributed by atoms with Crippen molar-refractivity contribution in [1.29, 1.82) is 0 Å². The molecule has 6 heteroatoms. The second-order valence-corrected chi connectivity index (χ2v) is 7.71. The number of carbonyl (C=O) groups is 1. The van der Waals surface area contributed by atoms with Crippen molar-refractivity contribution >= 4 is 22.5 Å². The van der Waals surface area contributed by atoms with Gasteiger partial charge in [0, 0.05) is 28.8 Å². The number of aromatic nitrogens is 2. The van der Waals surface area contributed by atoms with E-state index in [1.54, 1.807) is 6.20 Å². The Morgan fingerprint density at radius 3 is 2.76 bits per heavy atom. The van der Waals surface area contributed by atoms with Crippen LogP contribution in [-0.2, 0) is 6.54 Å². The summed E-state index contributed by atoms with van der Waals surface area (Å²) in [6.07, 6.45) is 6.22. The molecule has 1 amide bonds. The van der Waals surface area contributed by atoms with Crippen molar-refractivity contribution in [2.75, 3.05) is 12.3 Å². The third-order valence-corrected chi connectivity index (χ3v) is 6.03. The molecule has 6 nitrogen and oxygen atoms in total. The van der Waals surface area contributed by atoms with Gasteiger partial charge in [0.25, 0.3) is 5.91 Å². The summed E-state index contributed by atoms with van der Waals surface area (Å²) < 4.78 is 5.73. The summed E-state index contributed by atoms with van der Waals surface area (Å²) in [6.45, 7) is 3.01. The van der Waals surface area contributed by atoms with Crippen LogP contribution in [0.3, 0.4) is 0 Å². The zero-order valence-corrected chi connectivity index (χ0v) is 16.5. The standard InChI is InChI=1S/C23H24N4O2/c1-2-29-22-16(11-6-12-25-22)15-9-5-10-17-20(24)19-18(26-21(15)17)13-27(23(19)28)14-7-3-4-8-14/h5-6,9-12,14H,2-4,7-8,13H2,1H3,(H2,24,26). The first-order valence-electron chi connectivity index (χ1n) is 10.3. The lowest BCUT2D eigenvalue weighted by Gasteiger charge is -2.23. The molecule has 0 bridgehead atoms. The molecule has 0 radical (unpaired) electrons. The highest BCUT2D eigenvalue weighted by Gasteiger charge is 2.37. The highest BCUT2D eigenvalue weighted by Crippen LogP contribution is 2.40. The van der Waals surface area contributed by atoms with Crippen molar-refractivity contribution in [3.63, 3.8) is 0 Å². The SMILES string of the molecule is CCOc1ncccc1-c1cccc2c(N)c3c(nc12)CN(C1CCCC1)C3=O. The third kappa shape index (κ3) is 2.82. The Hall–Kier alpha value is -3.15. The molecule has 29 heavy (non-hydrogen) atoms. The Labute approximate surface area is 169 Å². The third-order valence-electron chi connectivity index (χ3n) is 6.03. The average molecular weight is 388 g/mol. The van der Waals surface area contributed by atoms with Crippen LogP contribution in [0, 0.1) is 0 Å². The van der Waals surface area contributed by atoms with Crippen LogP contribution in [0.5, 0.6) is 5.88 Å². The molecule has 1 aromatic carbocycles. The van der Waals surface area contributed by atoms with Gasteiger partial charge >= 0.3 is 0 Å². The van der Waals surface area contributed by atoms with E-state index >= 15 is 0 Å². The first-order valence-corrected chi connectivity index (χ1v) is 10.3. The quantitative estimate of drug-likeness (QED) is 0.725. The number of anilines is 1. The summed E-state index contributed by atoms with van der Waals surface area (Å²) in [7, 11) is 0. The van der Waals surface area contributed by atoms with Crippen molar-refractivity contribution in [1.82, 2.24) is 14.9 Å². The number of hydrogen-bond acceptors (Lipinski definition) is 5. The van der Waals surface area contributed by atoms with E-state index in [1.165, 1.54) is 12.8 Å². The Morgan fingerprint density at radius 2 is 1.97 bits per heavy atom. The number of rotatable bonds is 4. The summed E-state index contributed by atoms with van der Waals surface area (Å²) in [6, 6.07) is 10.1. The van der Waals surface area contributed by atoms with E-state index in [0.29, 0.717) is 36.3 Å². The predicted octanol–water partition coefficient (Wildman–Crippen LogP) is 4.18. The average Bonchev–Trinajstić information content (AvgIpc) is 3.37. The number of benzene rings is 1. The maximum Gasteiger partial charge on any atom is 0.258 e. The van der Waals surface area contributed by atoms with Gasteiger partial charge in [0.2, 0.25) is 5.88 Å². The van der Waals surface area contributed by atoms with Gasteiger partial charge in [-0.25, -0.2) is 9.97 Å². The lowest BCUT2D eigenvalue weighted by atomic mass is 10.00. The number of fused-ring (bicyclic) bond motifs is 2. The molecular formula is C23H24N4O2. The Bertz CT molecular complexity index is 1110. The van der Waals surface area contributed by atoms with Crippen molar-refractivity contribution in [3.8, 4) is 17.0 Å². The molecular weight excluding hydrogens is 364 g/mol. The lowest BCUT2D eigenvalue weighted by molar-refractivity contribution is 0.0707. The normalized spacial score (nSPS) is 16.6. The molecule has 1 saturated carbocycles. The number of pyridine rings is 2. The number of ether oxygens (including phenoxy) is 1. The van der Waals surface area contributed by atoms with Gasteiger partial charge in [0.1, 0.15) is 0 Å². The summed E-state index contributed by atoms with van der Waals surface area (Å²) >= 11 is 0. The van der Waals surface area contributed by atoms with E-state index < -0.39 is 0 Å². The van der Waals surface area contributed by atoms with E-state index in [0.717, 1.165) is 40.6 Å². The van der Waals surface area contributed by atoms with Gasteiger partial charge < -0.3 is 15.4 Å². The molecule has 2 aliphatic rings. The van der Waals surface area contributed by atoms with E-state index in [2.05, 4.69) is 4.98 Å². The van der Waals surface area contributed by atoms with Crippen LogP contribution in [0.15, 0.2) is 36.5 Å². The van der Waals surface area contributed by atoms with Crippen LogP contribution in [-0.4, -0.2) is 33.4 Å². The molecule has 1 fully saturated rings. The molecule has 3 heterocycles. The van der Waals surface area contributed by atoms with Crippen LogP contribution in [0.1, 0.15) is 48.7 Å². The zero-order chi connectivity index (χ0) is 20.0. The molecule has 5 rings (SSSR count). The number of nitrogens with zero attached hydrogens (tertiary/aromatic N) is 3. The van der Waals surface area contributed by atoms with Crippen molar-refractivity contribution in [2.45, 2.75) is 45.2 Å². The lowest BCUT2D eigenvalue weighted by Crippen LogP contribution is -2.33. The number of para-hydroxylation sites is 1. The summed E-state index contributed by atoms with van der Waals surface area (Å²) in [4.78, 5) is 24.4. The fourth-order valence-corrected chi connectivity index (χ4v) is 4.67. The highest BCUT2D eigenvalue weighted by molar-refractivity contribution is 6.11. The molecule has 2 N–H and O–H groups in total. The van der Waals surface area contributed by atoms with Crippen molar-refractivity contribution in [3.05, 3.63) is 47.8 Å². The fraction of sp³-hybridized carbons (Fsp3) is 0.348. The van der Waals surface area contributed by atoms with E-state index in [4.69, 9.17) is 15.5 Å². The molecule has 1 aliphatic heterocycles. The predicted molar refractivity (Wildman–Crippen MR) is 113 cm³/mol. The first-order chi connectivity index (χ1) is 14.2. The Balaban J connectivity index is 1.67. The molecule has 2 aromatic heterocycles. The maximum atomic E-state index is 13.1. The maximum absolute atomic E-state index is 13.1. The van der Waals surface area contributed by atoms with Crippen LogP contribution in [0.2, 0.25) is 0 Å². The number of nitrogens with two attached hydrogens (primary N) is 1. The number of nitrogen functional groups attached to an aromatic ring is 1. The molecule has 1 aliphatic carbocycles. The Kier molecular flexibility index (Phi) is 4.34. The van der Waals surface area contributed by atoms with Gasteiger partial charge in [-0.2, -0.15) is 0 Å². The molecule has 0 spiro atoms. The number of carbonyl (C=O) groups excluding carboxylic acids is 1. The van der Waals surface area contributed by atoms with E-state index in [1.807, 2.05) is 42.2 Å². The van der Waals surface area contributed by atoms with Gasteiger partial charge in [-0.15, -0.1) is 0 Å². The van der Waals surface area contributed by atoms with Crippen molar-refractivity contribution in [2.24, 2.45) is 0 Å². The van der Waals surface area contributed by atoms with Crippen LogP contribution < -0.4 is 10.5 Å². The summed E-state index contributed by atoms with van der Waals surface area (Å²) in [5.41, 5.74) is 11.0. The number of amides is 1. The minimum Gasteiger partial charge on any atom is -0.478 e. The van der Waals surface area contributed by atoms with Gasteiger partial charge in [0.05, 0.1) is 35.6 Å². The van der Waals surface area contributed by atoms with Gasteiger partial charge in [-0.1, -0.05) is 31.0 Å². The zero-order valence-electron chi connectivity index (χ0n) is 16.5. The topological polar surface area (TPSA) is 81.3 Å².